The zero-order valence-electron chi connectivity index (χ0n) is 7.34. The third-order valence-corrected chi connectivity index (χ3v) is 1.80. The van der Waals surface area contributed by atoms with E-state index in [1.165, 1.54) is 12.3 Å². The van der Waals surface area contributed by atoms with Gasteiger partial charge in [0.25, 0.3) is 0 Å². The molecule has 0 fully saturated rings. The van der Waals surface area contributed by atoms with Gasteiger partial charge >= 0.3 is 0 Å². The van der Waals surface area contributed by atoms with E-state index in [0.29, 0.717) is 0 Å². The first-order chi connectivity index (χ1) is 4.67. The van der Waals surface area contributed by atoms with Gasteiger partial charge in [-0.3, -0.25) is 4.48 Å². The average molecular weight is 219 g/mol. The maximum atomic E-state index is 4.29. The van der Waals surface area contributed by atoms with E-state index in [1.54, 1.807) is 0 Å². The molecule has 0 spiro atoms. The van der Waals surface area contributed by atoms with Crippen LogP contribution in [0.5, 0.6) is 0 Å². The van der Waals surface area contributed by atoms with Gasteiger partial charge in [-0.15, -0.1) is 0 Å². The standard InChI is InChI=1S/C8H15N2.BrH/c1-4-5-8-9-6-7-10(8,2)3;/h6-7H,4-5H2,1-3H3;1H/q+1;/p-1. The van der Waals surface area contributed by atoms with Gasteiger partial charge in [0.05, 0.1) is 20.3 Å². The van der Waals surface area contributed by atoms with Gasteiger partial charge in [0.15, 0.2) is 0 Å². The van der Waals surface area contributed by atoms with Crippen LogP contribution in [-0.4, -0.2) is 24.4 Å². The van der Waals surface area contributed by atoms with E-state index in [1.807, 2.05) is 6.20 Å². The highest BCUT2D eigenvalue weighted by molar-refractivity contribution is 5.77. The van der Waals surface area contributed by atoms with Crippen molar-refractivity contribution >= 4 is 5.84 Å². The summed E-state index contributed by atoms with van der Waals surface area (Å²) in [5.41, 5.74) is 0. The first kappa shape index (κ1) is 10.8. The highest BCUT2D eigenvalue weighted by atomic mass is 79.9. The van der Waals surface area contributed by atoms with Crippen molar-refractivity contribution < 1.29 is 21.5 Å². The quantitative estimate of drug-likeness (QED) is 0.515. The van der Waals surface area contributed by atoms with Crippen LogP contribution in [0.15, 0.2) is 17.4 Å². The van der Waals surface area contributed by atoms with Gasteiger partial charge in [0.2, 0.25) is 5.84 Å². The van der Waals surface area contributed by atoms with E-state index in [4.69, 9.17) is 0 Å². The minimum Gasteiger partial charge on any atom is -1.00 e. The molecule has 2 nitrogen and oxygen atoms in total. The molecule has 0 bridgehead atoms. The molecule has 1 aliphatic heterocycles. The molecule has 11 heavy (non-hydrogen) atoms. The molecule has 0 aromatic heterocycles. The summed E-state index contributed by atoms with van der Waals surface area (Å²) in [5.74, 6) is 1.27. The Morgan fingerprint density at radius 2 is 2.09 bits per heavy atom. The molecule has 0 aromatic rings. The van der Waals surface area contributed by atoms with E-state index in [-0.39, 0.29) is 17.0 Å². The van der Waals surface area contributed by atoms with Crippen molar-refractivity contribution in [2.75, 3.05) is 14.1 Å². The van der Waals surface area contributed by atoms with Gasteiger partial charge in [-0.1, -0.05) is 6.92 Å². The van der Waals surface area contributed by atoms with Crippen molar-refractivity contribution in [1.29, 1.82) is 0 Å². The van der Waals surface area contributed by atoms with E-state index in [0.717, 1.165) is 10.9 Å². The van der Waals surface area contributed by atoms with Crippen molar-refractivity contribution in [3.63, 3.8) is 0 Å². The normalized spacial score (nSPS) is 19.4. The van der Waals surface area contributed by atoms with Crippen LogP contribution in [0.4, 0.5) is 0 Å². The maximum Gasteiger partial charge on any atom is 0.207 e. The minimum absolute atomic E-state index is 0. The smallest absolute Gasteiger partial charge is 0.207 e. The van der Waals surface area contributed by atoms with Gasteiger partial charge in [-0.2, -0.15) is 0 Å². The van der Waals surface area contributed by atoms with Crippen molar-refractivity contribution in [1.82, 2.24) is 0 Å². The Hall–Kier alpha value is -0.150. The Balaban J connectivity index is 0.000001000. The molecular formula is C8H15BrN2. The van der Waals surface area contributed by atoms with Crippen LogP contribution in [-0.2, 0) is 0 Å². The van der Waals surface area contributed by atoms with Crippen molar-refractivity contribution in [3.05, 3.63) is 12.4 Å². The van der Waals surface area contributed by atoms with Crippen LogP contribution in [0.3, 0.4) is 0 Å². The second-order valence-corrected chi connectivity index (χ2v) is 3.13. The molecule has 0 atom stereocenters. The Morgan fingerprint density at radius 3 is 2.45 bits per heavy atom. The summed E-state index contributed by atoms with van der Waals surface area (Å²) in [5, 5.41) is 0. The number of rotatable bonds is 2. The minimum atomic E-state index is 0. The summed E-state index contributed by atoms with van der Waals surface area (Å²) in [6.45, 7) is 2.18. The summed E-state index contributed by atoms with van der Waals surface area (Å²) in [4.78, 5) is 4.29. The third-order valence-electron chi connectivity index (χ3n) is 1.80. The van der Waals surface area contributed by atoms with E-state index in [2.05, 4.69) is 32.2 Å². The molecule has 0 aliphatic carbocycles. The van der Waals surface area contributed by atoms with Crippen LogP contribution in [0.2, 0.25) is 0 Å². The summed E-state index contributed by atoms with van der Waals surface area (Å²) in [6, 6.07) is 0. The fourth-order valence-corrected chi connectivity index (χ4v) is 1.10. The Morgan fingerprint density at radius 1 is 1.45 bits per heavy atom. The number of quaternary nitrogens is 1. The van der Waals surface area contributed by atoms with Gasteiger partial charge < -0.3 is 17.0 Å². The van der Waals surface area contributed by atoms with Crippen molar-refractivity contribution in [3.8, 4) is 0 Å². The lowest BCUT2D eigenvalue weighted by molar-refractivity contribution is -0.741. The summed E-state index contributed by atoms with van der Waals surface area (Å²) < 4.78 is 0.841. The predicted molar refractivity (Wildman–Crippen MR) is 43.6 cm³/mol. The van der Waals surface area contributed by atoms with Crippen LogP contribution >= 0.6 is 0 Å². The van der Waals surface area contributed by atoms with Crippen LogP contribution in [0.1, 0.15) is 19.8 Å². The largest absolute Gasteiger partial charge is 1.00 e. The summed E-state index contributed by atoms with van der Waals surface area (Å²) in [6.07, 6.45) is 6.29. The molecule has 0 saturated heterocycles. The highest BCUT2D eigenvalue weighted by Crippen LogP contribution is 2.13. The molecule has 0 saturated carbocycles. The molecule has 0 N–H and O–H groups in total. The lowest BCUT2D eigenvalue weighted by atomic mass is 10.3. The monoisotopic (exact) mass is 218 g/mol. The Labute approximate surface area is 79.0 Å². The van der Waals surface area contributed by atoms with E-state index >= 15 is 0 Å². The van der Waals surface area contributed by atoms with Crippen LogP contribution < -0.4 is 17.0 Å². The Kier molecular flexibility index (Phi) is 3.97. The number of nitrogens with zero attached hydrogens (tertiary/aromatic N) is 2. The summed E-state index contributed by atoms with van der Waals surface area (Å²) in [7, 11) is 4.30. The molecule has 1 aliphatic rings. The SMILES string of the molecule is CCCC1=NC=C[N+]1(C)C.[Br-]. The molecule has 0 radical (unpaired) electrons. The zero-order valence-corrected chi connectivity index (χ0v) is 8.93. The number of amidine groups is 1. The number of hydrogen-bond acceptors (Lipinski definition) is 1. The fourth-order valence-electron chi connectivity index (χ4n) is 1.10. The number of hydrogen-bond donors (Lipinski definition) is 0. The predicted octanol–water partition coefficient (Wildman–Crippen LogP) is -1.25. The van der Waals surface area contributed by atoms with Gasteiger partial charge in [0, 0.05) is 6.42 Å². The first-order valence-electron chi connectivity index (χ1n) is 3.75. The van der Waals surface area contributed by atoms with E-state index < -0.39 is 0 Å². The first-order valence-corrected chi connectivity index (χ1v) is 3.75. The van der Waals surface area contributed by atoms with Crippen molar-refractivity contribution in [2.24, 2.45) is 4.99 Å². The molecular weight excluding hydrogens is 204 g/mol. The van der Waals surface area contributed by atoms with Crippen molar-refractivity contribution in [2.45, 2.75) is 19.8 Å². The van der Waals surface area contributed by atoms with E-state index in [9.17, 15) is 0 Å². The molecule has 3 heteroatoms. The molecule has 64 valence electrons. The Bertz CT molecular complexity index is 183. The number of halogens is 1. The second kappa shape index (κ2) is 4.02. The fraction of sp³-hybridized carbons (Fsp3) is 0.625. The lowest BCUT2D eigenvalue weighted by Gasteiger charge is -2.20. The third kappa shape index (κ3) is 2.42. The summed E-state index contributed by atoms with van der Waals surface area (Å²) >= 11 is 0. The maximum absolute atomic E-state index is 4.29. The van der Waals surface area contributed by atoms with Crippen LogP contribution in [0, 0.1) is 0 Å². The zero-order chi connectivity index (χ0) is 7.61. The lowest BCUT2D eigenvalue weighted by Crippen LogP contribution is -3.00. The topological polar surface area (TPSA) is 12.4 Å². The average Bonchev–Trinajstić information content (AvgIpc) is 2.13. The second-order valence-electron chi connectivity index (χ2n) is 3.13. The molecule has 1 rings (SSSR count). The highest BCUT2D eigenvalue weighted by Gasteiger charge is 2.23. The molecule has 0 aromatic carbocycles. The molecule has 1 heterocycles. The van der Waals surface area contributed by atoms with Gasteiger partial charge in [-0.05, 0) is 6.42 Å². The molecule has 0 unspecified atom stereocenters. The van der Waals surface area contributed by atoms with Gasteiger partial charge in [-0.25, -0.2) is 4.99 Å². The van der Waals surface area contributed by atoms with Gasteiger partial charge in [0.1, 0.15) is 6.20 Å². The van der Waals surface area contributed by atoms with Crippen LogP contribution in [0.25, 0.3) is 0 Å². The molecule has 0 amide bonds. The number of aliphatic imine (C=N–C) groups is 1.